The second kappa shape index (κ2) is 6.81. The van der Waals surface area contributed by atoms with Crippen LogP contribution >= 0.6 is 0 Å². The van der Waals surface area contributed by atoms with E-state index in [9.17, 15) is 19.5 Å². The molecule has 2 amide bonds. The fourth-order valence-electron chi connectivity index (χ4n) is 2.73. The van der Waals surface area contributed by atoms with Crippen molar-refractivity contribution in [1.82, 2.24) is 5.32 Å². The van der Waals surface area contributed by atoms with Gasteiger partial charge in [0.05, 0.1) is 0 Å². The number of carbonyl (C=O) groups is 3. The highest BCUT2D eigenvalue weighted by Crippen LogP contribution is 2.27. The van der Waals surface area contributed by atoms with E-state index in [0.29, 0.717) is 24.8 Å². The average Bonchev–Trinajstić information content (AvgIpc) is 2.49. The van der Waals surface area contributed by atoms with Gasteiger partial charge in [-0.15, -0.1) is 0 Å². The SMILES string of the molecule is CC(C)C[C@@H](NC(=O)c1ccc2c(c1)CCC(=O)N2C)C(=O)O. The smallest absolute Gasteiger partial charge is 0.326 e. The van der Waals surface area contributed by atoms with Gasteiger partial charge in [0.1, 0.15) is 6.04 Å². The summed E-state index contributed by atoms with van der Waals surface area (Å²) in [5.74, 6) is -1.21. The van der Waals surface area contributed by atoms with Crippen molar-refractivity contribution >= 4 is 23.5 Å². The van der Waals surface area contributed by atoms with Crippen LogP contribution in [0.2, 0.25) is 0 Å². The third kappa shape index (κ3) is 3.88. The fraction of sp³-hybridized carbons (Fsp3) is 0.471. The monoisotopic (exact) mass is 318 g/mol. The van der Waals surface area contributed by atoms with Gasteiger partial charge in [-0.3, -0.25) is 9.59 Å². The number of nitrogens with zero attached hydrogens (tertiary/aromatic N) is 1. The topological polar surface area (TPSA) is 86.7 Å². The summed E-state index contributed by atoms with van der Waals surface area (Å²) in [4.78, 5) is 36.8. The summed E-state index contributed by atoms with van der Waals surface area (Å²) < 4.78 is 0. The van der Waals surface area contributed by atoms with Gasteiger partial charge in [-0.2, -0.15) is 0 Å². The second-order valence-corrected chi connectivity index (χ2v) is 6.29. The van der Waals surface area contributed by atoms with Crippen LogP contribution in [0.15, 0.2) is 18.2 Å². The van der Waals surface area contributed by atoms with E-state index in [-0.39, 0.29) is 11.8 Å². The molecule has 0 bridgehead atoms. The number of aryl methyl sites for hydroxylation is 1. The predicted octanol–water partition coefficient (Wildman–Crippen LogP) is 1.82. The molecule has 1 aliphatic heterocycles. The van der Waals surface area contributed by atoms with Crippen LogP contribution in [-0.4, -0.2) is 36.0 Å². The first-order valence-electron chi connectivity index (χ1n) is 7.72. The number of hydrogen-bond acceptors (Lipinski definition) is 3. The predicted molar refractivity (Wildman–Crippen MR) is 86.5 cm³/mol. The molecular weight excluding hydrogens is 296 g/mol. The van der Waals surface area contributed by atoms with E-state index in [1.165, 1.54) is 0 Å². The molecule has 1 atom stereocenters. The summed E-state index contributed by atoms with van der Waals surface area (Å²) in [5, 5.41) is 11.8. The van der Waals surface area contributed by atoms with Crippen molar-refractivity contribution in [3.8, 4) is 0 Å². The molecule has 6 nitrogen and oxygen atoms in total. The first-order chi connectivity index (χ1) is 10.8. The molecular formula is C17H22N2O4. The third-order valence-electron chi connectivity index (χ3n) is 4.00. The van der Waals surface area contributed by atoms with E-state index in [1.54, 1.807) is 30.1 Å². The first kappa shape index (κ1) is 17.0. The van der Waals surface area contributed by atoms with Crippen LogP contribution in [0.5, 0.6) is 0 Å². The molecule has 0 aliphatic carbocycles. The van der Waals surface area contributed by atoms with Gasteiger partial charge in [0.25, 0.3) is 5.91 Å². The quantitative estimate of drug-likeness (QED) is 0.867. The van der Waals surface area contributed by atoms with Gasteiger partial charge in [0.2, 0.25) is 5.91 Å². The highest BCUT2D eigenvalue weighted by Gasteiger charge is 2.24. The zero-order valence-electron chi connectivity index (χ0n) is 13.6. The number of anilines is 1. The van der Waals surface area contributed by atoms with Crippen molar-refractivity contribution in [3.63, 3.8) is 0 Å². The molecule has 0 radical (unpaired) electrons. The Balaban J connectivity index is 2.17. The van der Waals surface area contributed by atoms with Crippen molar-refractivity contribution < 1.29 is 19.5 Å². The number of carbonyl (C=O) groups excluding carboxylic acids is 2. The van der Waals surface area contributed by atoms with E-state index in [4.69, 9.17) is 0 Å². The van der Waals surface area contributed by atoms with Gasteiger partial charge in [-0.05, 0) is 42.5 Å². The van der Waals surface area contributed by atoms with Crippen LogP contribution in [-0.2, 0) is 16.0 Å². The number of rotatable bonds is 5. The van der Waals surface area contributed by atoms with Crippen molar-refractivity contribution in [2.45, 2.75) is 39.2 Å². The molecule has 1 aromatic carbocycles. The normalized spacial score (nSPS) is 15.3. The zero-order chi connectivity index (χ0) is 17.1. The van der Waals surface area contributed by atoms with Gasteiger partial charge in [0.15, 0.2) is 0 Å². The van der Waals surface area contributed by atoms with Gasteiger partial charge < -0.3 is 15.3 Å². The van der Waals surface area contributed by atoms with Crippen LogP contribution in [0.3, 0.4) is 0 Å². The highest BCUT2D eigenvalue weighted by atomic mass is 16.4. The molecule has 2 N–H and O–H groups in total. The Morgan fingerprint density at radius 2 is 2.00 bits per heavy atom. The summed E-state index contributed by atoms with van der Waals surface area (Å²) >= 11 is 0. The summed E-state index contributed by atoms with van der Waals surface area (Å²) in [6.07, 6.45) is 1.39. The molecule has 124 valence electrons. The lowest BCUT2D eigenvalue weighted by atomic mass is 9.98. The molecule has 0 spiro atoms. The number of carboxylic acids is 1. The second-order valence-electron chi connectivity index (χ2n) is 6.29. The standard InChI is InChI=1S/C17H22N2O4/c1-10(2)8-13(17(22)23)18-16(21)12-4-6-14-11(9-12)5-7-15(20)19(14)3/h4,6,9-10,13H,5,7-8H2,1-3H3,(H,18,21)(H,22,23)/t13-/m1/s1. The Hall–Kier alpha value is -2.37. The first-order valence-corrected chi connectivity index (χ1v) is 7.72. The van der Waals surface area contributed by atoms with E-state index < -0.39 is 17.9 Å². The van der Waals surface area contributed by atoms with E-state index in [2.05, 4.69) is 5.32 Å². The Kier molecular flexibility index (Phi) is 5.03. The summed E-state index contributed by atoms with van der Waals surface area (Å²) in [5.41, 5.74) is 2.15. The highest BCUT2D eigenvalue weighted by molar-refractivity contribution is 5.99. The van der Waals surface area contributed by atoms with Crippen LogP contribution in [0, 0.1) is 5.92 Å². The summed E-state index contributed by atoms with van der Waals surface area (Å²) in [6, 6.07) is 4.20. The molecule has 0 aromatic heterocycles. The number of benzene rings is 1. The molecule has 0 saturated heterocycles. The van der Waals surface area contributed by atoms with Crippen LogP contribution in [0.25, 0.3) is 0 Å². The number of nitrogens with one attached hydrogen (secondary N) is 1. The van der Waals surface area contributed by atoms with Gasteiger partial charge in [0, 0.05) is 24.7 Å². The Morgan fingerprint density at radius 1 is 1.30 bits per heavy atom. The molecule has 0 unspecified atom stereocenters. The maximum atomic E-state index is 12.3. The molecule has 2 rings (SSSR count). The maximum absolute atomic E-state index is 12.3. The van der Waals surface area contributed by atoms with E-state index >= 15 is 0 Å². The third-order valence-corrected chi connectivity index (χ3v) is 4.00. The van der Waals surface area contributed by atoms with Crippen LogP contribution in [0.1, 0.15) is 42.6 Å². The van der Waals surface area contributed by atoms with Crippen molar-refractivity contribution in [3.05, 3.63) is 29.3 Å². The largest absolute Gasteiger partial charge is 0.480 e. The molecule has 0 saturated carbocycles. The number of hydrogen-bond donors (Lipinski definition) is 2. The number of amides is 2. The Bertz CT molecular complexity index is 639. The van der Waals surface area contributed by atoms with Gasteiger partial charge in [-0.1, -0.05) is 13.8 Å². The van der Waals surface area contributed by atoms with E-state index in [0.717, 1.165) is 11.3 Å². The number of aliphatic carboxylic acids is 1. The fourth-order valence-corrected chi connectivity index (χ4v) is 2.73. The Morgan fingerprint density at radius 3 is 2.61 bits per heavy atom. The minimum atomic E-state index is -1.03. The summed E-state index contributed by atoms with van der Waals surface area (Å²) in [7, 11) is 1.71. The Labute approximate surface area is 135 Å². The van der Waals surface area contributed by atoms with Crippen molar-refractivity contribution in [1.29, 1.82) is 0 Å². The van der Waals surface area contributed by atoms with Gasteiger partial charge >= 0.3 is 5.97 Å². The summed E-state index contributed by atoms with van der Waals surface area (Å²) in [6.45, 7) is 3.82. The van der Waals surface area contributed by atoms with Crippen molar-refractivity contribution in [2.75, 3.05) is 11.9 Å². The van der Waals surface area contributed by atoms with Crippen LogP contribution in [0.4, 0.5) is 5.69 Å². The van der Waals surface area contributed by atoms with Crippen LogP contribution < -0.4 is 10.2 Å². The molecule has 6 heteroatoms. The number of fused-ring (bicyclic) bond motifs is 1. The minimum absolute atomic E-state index is 0.0533. The molecule has 0 fully saturated rings. The lowest BCUT2D eigenvalue weighted by molar-refractivity contribution is -0.139. The zero-order valence-corrected chi connectivity index (χ0v) is 13.6. The minimum Gasteiger partial charge on any atom is -0.480 e. The van der Waals surface area contributed by atoms with Gasteiger partial charge in [-0.25, -0.2) is 4.79 Å². The molecule has 1 aromatic rings. The lowest BCUT2D eigenvalue weighted by Crippen LogP contribution is -2.41. The maximum Gasteiger partial charge on any atom is 0.326 e. The molecule has 1 aliphatic rings. The lowest BCUT2D eigenvalue weighted by Gasteiger charge is -2.26. The molecule has 23 heavy (non-hydrogen) atoms. The van der Waals surface area contributed by atoms with Crippen molar-refractivity contribution in [2.24, 2.45) is 5.92 Å². The molecule has 1 heterocycles. The number of carboxylic acid groups (broad SMARTS) is 1. The van der Waals surface area contributed by atoms with E-state index in [1.807, 2.05) is 13.8 Å². The average molecular weight is 318 g/mol.